The van der Waals surface area contributed by atoms with Crippen molar-refractivity contribution in [3.8, 4) is 5.75 Å². The molecule has 0 aliphatic carbocycles. The van der Waals surface area contributed by atoms with Gasteiger partial charge in [-0.15, -0.1) is 0 Å². The number of amides is 1. The molecule has 0 aliphatic heterocycles. The van der Waals surface area contributed by atoms with Gasteiger partial charge in [-0.25, -0.2) is 4.98 Å². The van der Waals surface area contributed by atoms with E-state index in [1.54, 1.807) is 0 Å². The first-order valence-corrected chi connectivity index (χ1v) is 11.6. The molecule has 1 heterocycles. The minimum atomic E-state index is -0.325. The van der Waals surface area contributed by atoms with Crippen LogP contribution >= 0.6 is 12.2 Å². The van der Waals surface area contributed by atoms with Crippen molar-refractivity contribution in [3.63, 3.8) is 0 Å². The normalized spacial score (nSPS) is 10.8. The summed E-state index contributed by atoms with van der Waals surface area (Å²) >= 11 is 5.25. The second kappa shape index (κ2) is 10.5. The average Bonchev–Trinajstić information content (AvgIpc) is 3.22. The van der Waals surface area contributed by atoms with Crippen LogP contribution < -0.4 is 15.4 Å². The Bertz CT molecular complexity index is 1330. The average molecular weight is 474 g/mol. The Morgan fingerprint density at radius 3 is 2.50 bits per heavy atom. The third-order valence-corrected chi connectivity index (χ3v) is 5.78. The topological polar surface area (TPSA) is 76.4 Å². The molecule has 0 radical (unpaired) electrons. The Hall–Kier alpha value is -3.71. The zero-order valence-electron chi connectivity index (χ0n) is 19.5. The lowest BCUT2D eigenvalue weighted by Crippen LogP contribution is -2.37. The van der Waals surface area contributed by atoms with Crippen molar-refractivity contribution < 1.29 is 13.9 Å². The van der Waals surface area contributed by atoms with E-state index in [-0.39, 0.29) is 17.6 Å². The van der Waals surface area contributed by atoms with Gasteiger partial charge in [0.25, 0.3) is 5.91 Å². The maximum atomic E-state index is 12.2. The zero-order chi connectivity index (χ0) is 24.1. The Morgan fingerprint density at radius 2 is 1.76 bits per heavy atom. The highest BCUT2D eigenvalue weighted by Gasteiger charge is 2.09. The third-order valence-electron chi connectivity index (χ3n) is 5.57. The Labute approximate surface area is 204 Å². The number of aryl methyl sites for hydroxylation is 3. The van der Waals surface area contributed by atoms with Crippen molar-refractivity contribution in [2.24, 2.45) is 0 Å². The van der Waals surface area contributed by atoms with Crippen LogP contribution in [0.25, 0.3) is 11.1 Å². The number of hydrogen-bond acceptors (Lipinski definition) is 5. The predicted molar refractivity (Wildman–Crippen MR) is 138 cm³/mol. The van der Waals surface area contributed by atoms with E-state index in [1.807, 2.05) is 62.4 Å². The first-order chi connectivity index (χ1) is 16.4. The van der Waals surface area contributed by atoms with Gasteiger partial charge in [-0.05, 0) is 91.1 Å². The van der Waals surface area contributed by atoms with E-state index in [0.29, 0.717) is 18.1 Å². The van der Waals surface area contributed by atoms with Gasteiger partial charge in [-0.1, -0.05) is 31.2 Å². The van der Waals surface area contributed by atoms with Gasteiger partial charge in [-0.3, -0.25) is 10.1 Å². The van der Waals surface area contributed by atoms with Crippen LogP contribution in [0.15, 0.2) is 65.1 Å². The zero-order valence-corrected chi connectivity index (χ0v) is 20.3. The van der Waals surface area contributed by atoms with E-state index >= 15 is 0 Å². The quantitative estimate of drug-likeness (QED) is 0.346. The largest absolute Gasteiger partial charge is 0.484 e. The monoisotopic (exact) mass is 473 g/mol. The molecule has 2 N–H and O–H groups in total. The lowest BCUT2D eigenvalue weighted by atomic mass is 10.1. The van der Waals surface area contributed by atoms with Crippen LogP contribution in [0.3, 0.4) is 0 Å². The van der Waals surface area contributed by atoms with Crippen molar-refractivity contribution in [1.82, 2.24) is 10.3 Å². The van der Waals surface area contributed by atoms with Crippen LogP contribution in [0.2, 0.25) is 0 Å². The number of carbonyl (C=O) groups excluding carboxylic acids is 1. The molecule has 1 amide bonds. The maximum absolute atomic E-state index is 12.2. The van der Waals surface area contributed by atoms with Crippen LogP contribution in [-0.4, -0.2) is 22.6 Å². The Balaban J connectivity index is 1.27. The Morgan fingerprint density at radius 1 is 1.00 bits per heavy atom. The van der Waals surface area contributed by atoms with Crippen molar-refractivity contribution in [2.75, 3.05) is 11.9 Å². The van der Waals surface area contributed by atoms with Crippen molar-refractivity contribution >= 4 is 40.0 Å². The lowest BCUT2D eigenvalue weighted by Gasteiger charge is -2.11. The molecule has 7 heteroatoms. The van der Waals surface area contributed by atoms with E-state index in [1.165, 1.54) is 11.1 Å². The molecule has 34 heavy (non-hydrogen) atoms. The summed E-state index contributed by atoms with van der Waals surface area (Å²) in [6.07, 6.45) is 1.56. The molecule has 4 rings (SSSR count). The molecule has 4 aromatic rings. The van der Waals surface area contributed by atoms with Crippen LogP contribution in [0.5, 0.6) is 5.75 Å². The number of oxazole rings is 1. The van der Waals surface area contributed by atoms with Crippen molar-refractivity contribution in [2.45, 2.75) is 33.6 Å². The third kappa shape index (κ3) is 5.99. The molecule has 0 atom stereocenters. The van der Waals surface area contributed by atoms with Gasteiger partial charge in [-0.2, -0.15) is 0 Å². The summed E-state index contributed by atoms with van der Waals surface area (Å²) in [4.78, 5) is 16.8. The number of aromatic nitrogens is 1. The fourth-order valence-electron chi connectivity index (χ4n) is 3.47. The first-order valence-electron chi connectivity index (χ1n) is 11.2. The number of nitrogens with zero attached hydrogens (tertiary/aromatic N) is 1. The number of rotatable bonds is 7. The number of nitrogens with one attached hydrogen (secondary N) is 2. The smallest absolute Gasteiger partial charge is 0.264 e. The van der Waals surface area contributed by atoms with E-state index in [0.717, 1.165) is 34.3 Å². The summed E-state index contributed by atoms with van der Waals surface area (Å²) in [5, 5.41) is 5.87. The van der Waals surface area contributed by atoms with Crippen LogP contribution in [0.1, 0.15) is 35.1 Å². The van der Waals surface area contributed by atoms with Gasteiger partial charge >= 0.3 is 0 Å². The maximum Gasteiger partial charge on any atom is 0.264 e. The molecular formula is C27H27N3O3S. The van der Waals surface area contributed by atoms with Crippen molar-refractivity contribution in [3.05, 3.63) is 88.8 Å². The summed E-state index contributed by atoms with van der Waals surface area (Å²) in [5.74, 6) is 1.00. The Kier molecular flexibility index (Phi) is 7.23. The van der Waals surface area contributed by atoms with Gasteiger partial charge in [0.1, 0.15) is 11.3 Å². The number of hydrogen-bond donors (Lipinski definition) is 2. The summed E-state index contributed by atoms with van der Waals surface area (Å²) in [7, 11) is 0. The number of ether oxygens (including phenoxy) is 1. The molecule has 0 spiro atoms. The van der Waals surface area contributed by atoms with E-state index in [9.17, 15) is 4.79 Å². The highest BCUT2D eigenvalue weighted by molar-refractivity contribution is 7.80. The number of anilines is 1. The SMILES string of the molecule is CCc1ccc2oc(Cc3ccc(NC(=S)NC(=O)COc4ccc(C)c(C)c4)cc3)nc2c1. The predicted octanol–water partition coefficient (Wildman–Crippen LogP) is 5.49. The van der Waals surface area contributed by atoms with Gasteiger partial charge in [0.2, 0.25) is 0 Å². The number of fused-ring (bicyclic) bond motifs is 1. The van der Waals surface area contributed by atoms with Gasteiger partial charge < -0.3 is 14.5 Å². The summed E-state index contributed by atoms with van der Waals surface area (Å²) in [6, 6.07) is 19.6. The van der Waals surface area contributed by atoms with Crippen LogP contribution in [0, 0.1) is 13.8 Å². The fourth-order valence-corrected chi connectivity index (χ4v) is 3.71. The van der Waals surface area contributed by atoms with Crippen LogP contribution in [0.4, 0.5) is 5.69 Å². The van der Waals surface area contributed by atoms with E-state index in [4.69, 9.17) is 21.4 Å². The molecule has 6 nitrogen and oxygen atoms in total. The van der Waals surface area contributed by atoms with Gasteiger partial charge in [0.05, 0.1) is 0 Å². The standard InChI is InChI=1S/C27H27N3O3S/c1-4-19-8-12-24-23(14-19)29-26(33-24)15-20-6-9-21(10-7-20)28-27(34)30-25(31)16-32-22-11-5-17(2)18(3)13-22/h5-14H,4,15-16H2,1-3H3,(H2,28,30,31,34). The van der Waals surface area contributed by atoms with Gasteiger partial charge in [0.15, 0.2) is 23.2 Å². The number of benzene rings is 3. The number of carbonyl (C=O) groups is 1. The molecule has 0 saturated carbocycles. The highest BCUT2D eigenvalue weighted by atomic mass is 32.1. The molecule has 0 bridgehead atoms. The fraction of sp³-hybridized carbons (Fsp3) is 0.222. The molecule has 0 fully saturated rings. The lowest BCUT2D eigenvalue weighted by molar-refractivity contribution is -0.121. The molecule has 1 aromatic heterocycles. The van der Waals surface area contributed by atoms with Crippen LogP contribution in [-0.2, 0) is 17.6 Å². The summed E-state index contributed by atoms with van der Waals surface area (Å²) in [6.45, 7) is 6.03. The summed E-state index contributed by atoms with van der Waals surface area (Å²) in [5.41, 5.74) is 7.04. The number of thiocarbonyl (C=S) groups is 1. The molecule has 3 aromatic carbocycles. The second-order valence-corrected chi connectivity index (χ2v) is 8.58. The summed E-state index contributed by atoms with van der Waals surface area (Å²) < 4.78 is 11.4. The molecule has 0 aliphatic rings. The van der Waals surface area contributed by atoms with E-state index in [2.05, 4.69) is 34.7 Å². The first kappa shape index (κ1) is 23.4. The van der Waals surface area contributed by atoms with Gasteiger partial charge in [0, 0.05) is 12.1 Å². The minimum absolute atomic E-state index is 0.118. The van der Waals surface area contributed by atoms with Crippen molar-refractivity contribution in [1.29, 1.82) is 0 Å². The second-order valence-electron chi connectivity index (χ2n) is 8.17. The molecule has 174 valence electrons. The highest BCUT2D eigenvalue weighted by Crippen LogP contribution is 2.20. The minimum Gasteiger partial charge on any atom is -0.484 e. The van der Waals surface area contributed by atoms with E-state index < -0.39 is 0 Å². The molecule has 0 unspecified atom stereocenters. The molecular weight excluding hydrogens is 446 g/mol. The molecule has 0 saturated heterocycles.